The van der Waals surface area contributed by atoms with Crippen molar-refractivity contribution in [3.05, 3.63) is 16.8 Å². The summed E-state index contributed by atoms with van der Waals surface area (Å²) in [5.74, 6) is 0.423. The molecule has 9 heteroatoms. The second kappa shape index (κ2) is 9.08. The molecular weight excluding hydrogens is 440 g/mol. The van der Waals surface area contributed by atoms with E-state index in [0.29, 0.717) is 12.3 Å². The Hall–Kier alpha value is -2.42. The second-order valence-corrected chi connectivity index (χ2v) is 11.4. The molecule has 1 atom stereocenters. The Labute approximate surface area is 198 Å². The first-order valence-corrected chi connectivity index (χ1v) is 12.6. The lowest BCUT2D eigenvalue weighted by Crippen LogP contribution is -2.52. The number of aryl methyl sites for hydroxylation is 1. The predicted molar refractivity (Wildman–Crippen MR) is 128 cm³/mol. The number of aromatic nitrogens is 2. The van der Waals surface area contributed by atoms with Crippen LogP contribution in [0.3, 0.4) is 0 Å². The minimum Gasteiger partial charge on any atom is -0.474 e. The van der Waals surface area contributed by atoms with Crippen LogP contribution >= 0.6 is 11.3 Å². The lowest BCUT2D eigenvalue weighted by Gasteiger charge is -2.40. The Morgan fingerprint density at radius 2 is 1.97 bits per heavy atom. The third-order valence-electron chi connectivity index (χ3n) is 6.75. The number of fused-ring (bicyclic) bond motifs is 3. The van der Waals surface area contributed by atoms with E-state index in [1.165, 1.54) is 4.88 Å². The molecule has 1 saturated carbocycles. The highest BCUT2D eigenvalue weighted by Gasteiger charge is 2.38. The number of hydrogen-bond donors (Lipinski definition) is 2. The van der Waals surface area contributed by atoms with E-state index in [1.807, 2.05) is 20.8 Å². The van der Waals surface area contributed by atoms with Gasteiger partial charge in [-0.05, 0) is 77.2 Å². The van der Waals surface area contributed by atoms with Crippen molar-refractivity contribution in [2.45, 2.75) is 102 Å². The standard InChI is InChI=1S/C24H34N4O4S/c1-5-24(28-22(30)32-23(2,3)4)10-8-15(9-11-24)31-20-19-18-14(12-17(25)29)6-7-16(18)33-21(19)27-13-26-20/h13-15H,5-12H2,1-4H3,(H2,25,29)(H,28,30)/t14-,15-,24-/m1/s1. The molecule has 2 aliphatic rings. The maximum atomic E-state index is 12.4. The van der Waals surface area contributed by atoms with E-state index in [1.54, 1.807) is 17.7 Å². The molecule has 1 fully saturated rings. The van der Waals surface area contributed by atoms with Gasteiger partial charge < -0.3 is 20.5 Å². The van der Waals surface area contributed by atoms with Gasteiger partial charge in [-0.1, -0.05) is 6.92 Å². The van der Waals surface area contributed by atoms with Gasteiger partial charge in [0.15, 0.2) is 0 Å². The Balaban J connectivity index is 1.47. The van der Waals surface area contributed by atoms with Crippen LogP contribution in [0.25, 0.3) is 10.2 Å². The molecule has 3 N–H and O–H groups in total. The number of nitrogens with one attached hydrogen (secondary N) is 1. The number of thiophene rings is 1. The van der Waals surface area contributed by atoms with E-state index in [0.717, 1.165) is 60.7 Å². The quantitative estimate of drug-likeness (QED) is 0.632. The van der Waals surface area contributed by atoms with Crippen LogP contribution in [0.15, 0.2) is 6.33 Å². The van der Waals surface area contributed by atoms with Gasteiger partial charge in [0.2, 0.25) is 11.8 Å². The summed E-state index contributed by atoms with van der Waals surface area (Å²) in [4.78, 5) is 35.1. The maximum Gasteiger partial charge on any atom is 0.408 e. The van der Waals surface area contributed by atoms with E-state index in [-0.39, 0.29) is 29.6 Å². The molecule has 2 heterocycles. The Morgan fingerprint density at radius 1 is 1.24 bits per heavy atom. The number of amides is 2. The summed E-state index contributed by atoms with van der Waals surface area (Å²) >= 11 is 1.66. The highest BCUT2D eigenvalue weighted by atomic mass is 32.1. The second-order valence-electron chi connectivity index (χ2n) is 10.3. The minimum atomic E-state index is -0.523. The molecule has 2 aromatic rings. The predicted octanol–water partition coefficient (Wildman–Crippen LogP) is 4.59. The van der Waals surface area contributed by atoms with E-state index in [9.17, 15) is 9.59 Å². The van der Waals surface area contributed by atoms with E-state index in [2.05, 4.69) is 22.2 Å². The van der Waals surface area contributed by atoms with Crippen LogP contribution in [0.4, 0.5) is 4.79 Å². The number of carbonyl (C=O) groups excluding carboxylic acids is 2. The number of nitrogens with two attached hydrogens (primary N) is 1. The van der Waals surface area contributed by atoms with Gasteiger partial charge in [0, 0.05) is 16.8 Å². The largest absolute Gasteiger partial charge is 0.474 e. The molecule has 0 aliphatic heterocycles. The fourth-order valence-corrected chi connectivity index (χ4v) is 6.31. The van der Waals surface area contributed by atoms with Crippen molar-refractivity contribution in [2.24, 2.45) is 5.73 Å². The van der Waals surface area contributed by atoms with Crippen molar-refractivity contribution in [1.82, 2.24) is 15.3 Å². The van der Waals surface area contributed by atoms with Crippen LogP contribution < -0.4 is 15.8 Å². The van der Waals surface area contributed by atoms with Crippen LogP contribution in [-0.4, -0.2) is 39.2 Å². The third kappa shape index (κ3) is 5.23. The van der Waals surface area contributed by atoms with Gasteiger partial charge in [-0.2, -0.15) is 0 Å². The molecule has 0 spiro atoms. The highest BCUT2D eigenvalue weighted by molar-refractivity contribution is 7.19. The van der Waals surface area contributed by atoms with Crippen molar-refractivity contribution >= 4 is 33.6 Å². The van der Waals surface area contributed by atoms with Gasteiger partial charge in [-0.25, -0.2) is 14.8 Å². The Morgan fingerprint density at radius 3 is 2.61 bits per heavy atom. The van der Waals surface area contributed by atoms with Gasteiger partial charge in [-0.3, -0.25) is 4.79 Å². The molecule has 4 rings (SSSR count). The summed E-state index contributed by atoms with van der Waals surface area (Å²) in [5.41, 5.74) is 5.85. The minimum absolute atomic E-state index is 0.00903. The monoisotopic (exact) mass is 474 g/mol. The number of primary amides is 1. The number of carbonyl (C=O) groups is 2. The van der Waals surface area contributed by atoms with Crippen LogP contribution in [0.2, 0.25) is 0 Å². The summed E-state index contributed by atoms with van der Waals surface area (Å²) in [7, 11) is 0. The highest BCUT2D eigenvalue weighted by Crippen LogP contribution is 2.47. The molecular formula is C24H34N4O4S. The summed E-state index contributed by atoms with van der Waals surface area (Å²) in [5, 5.41) is 4.07. The van der Waals surface area contributed by atoms with E-state index in [4.69, 9.17) is 15.2 Å². The van der Waals surface area contributed by atoms with E-state index < -0.39 is 5.60 Å². The van der Waals surface area contributed by atoms with Gasteiger partial charge in [-0.15, -0.1) is 11.3 Å². The first kappa shape index (κ1) is 23.7. The molecule has 0 aromatic carbocycles. The van der Waals surface area contributed by atoms with Crippen LogP contribution in [0.1, 0.15) is 89.0 Å². The summed E-state index contributed by atoms with van der Waals surface area (Å²) in [6, 6.07) is 0. The van der Waals surface area contributed by atoms with Gasteiger partial charge in [0.05, 0.1) is 5.39 Å². The SMILES string of the molecule is CC[C@]1(NC(=O)OC(C)(C)C)CC[C@H](Oc2ncnc3sc4c(c23)[C@@H](CC(N)=O)CC4)CC1. The van der Waals surface area contributed by atoms with E-state index >= 15 is 0 Å². The average Bonchev–Trinajstić information content (AvgIpc) is 3.28. The molecule has 2 amide bonds. The Bertz CT molecular complexity index is 1040. The number of rotatable bonds is 6. The van der Waals surface area contributed by atoms with Crippen molar-refractivity contribution < 1.29 is 19.1 Å². The van der Waals surface area contributed by atoms with Crippen molar-refractivity contribution in [2.75, 3.05) is 0 Å². The first-order chi connectivity index (χ1) is 15.6. The fourth-order valence-electron chi connectivity index (χ4n) is 5.08. The third-order valence-corrected chi connectivity index (χ3v) is 7.93. The normalized spacial score (nSPS) is 25.0. The molecule has 180 valence electrons. The number of hydrogen-bond acceptors (Lipinski definition) is 7. The smallest absolute Gasteiger partial charge is 0.408 e. The molecule has 0 radical (unpaired) electrons. The zero-order valence-corrected chi connectivity index (χ0v) is 20.7. The zero-order valence-electron chi connectivity index (χ0n) is 19.9. The van der Waals surface area contributed by atoms with Crippen molar-refractivity contribution in [3.63, 3.8) is 0 Å². The lowest BCUT2D eigenvalue weighted by molar-refractivity contribution is -0.118. The summed E-state index contributed by atoms with van der Waals surface area (Å²) in [6.45, 7) is 7.70. The van der Waals surface area contributed by atoms with Gasteiger partial charge in [0.1, 0.15) is 22.9 Å². The van der Waals surface area contributed by atoms with Crippen molar-refractivity contribution in [1.29, 1.82) is 0 Å². The molecule has 33 heavy (non-hydrogen) atoms. The molecule has 0 saturated heterocycles. The number of alkyl carbamates (subject to hydrolysis) is 1. The summed E-state index contributed by atoms with van der Waals surface area (Å²) < 4.78 is 11.9. The first-order valence-electron chi connectivity index (χ1n) is 11.8. The Kier molecular flexibility index (Phi) is 6.53. The molecule has 8 nitrogen and oxygen atoms in total. The van der Waals surface area contributed by atoms with Crippen LogP contribution in [0, 0.1) is 0 Å². The van der Waals surface area contributed by atoms with Crippen LogP contribution in [-0.2, 0) is 16.0 Å². The van der Waals surface area contributed by atoms with Crippen LogP contribution in [0.5, 0.6) is 5.88 Å². The molecule has 2 aromatic heterocycles. The van der Waals surface area contributed by atoms with Gasteiger partial charge in [0.25, 0.3) is 0 Å². The molecule has 2 aliphatic carbocycles. The molecule has 0 unspecified atom stereocenters. The average molecular weight is 475 g/mol. The number of ether oxygens (including phenoxy) is 2. The zero-order chi connectivity index (χ0) is 23.8. The van der Waals surface area contributed by atoms with Crippen molar-refractivity contribution in [3.8, 4) is 5.88 Å². The van der Waals surface area contributed by atoms with Gasteiger partial charge >= 0.3 is 6.09 Å². The topological polar surface area (TPSA) is 116 Å². The fraction of sp³-hybridized carbons (Fsp3) is 0.667. The maximum absolute atomic E-state index is 12.4. The lowest BCUT2D eigenvalue weighted by atomic mass is 9.78. The summed E-state index contributed by atoms with van der Waals surface area (Å²) in [6.07, 6.45) is 7.48. The number of nitrogens with zero attached hydrogens (tertiary/aromatic N) is 2. The molecule has 0 bridgehead atoms.